The van der Waals surface area contributed by atoms with Crippen molar-refractivity contribution < 1.29 is 23.6 Å². The third kappa shape index (κ3) is 5.46. The van der Waals surface area contributed by atoms with Crippen LogP contribution in [0.25, 0.3) is 0 Å². The molecule has 2 saturated heterocycles. The summed E-state index contributed by atoms with van der Waals surface area (Å²) in [7, 11) is -0.380. The van der Waals surface area contributed by atoms with Gasteiger partial charge in [0.05, 0.1) is 36.9 Å². The van der Waals surface area contributed by atoms with Crippen LogP contribution in [0, 0.1) is 28.6 Å². The molecule has 9 heteroatoms. The molecule has 2 amide bonds. The number of carbonyl (C=O) groups excluding carboxylic acids is 2. The molecule has 2 heterocycles. The van der Waals surface area contributed by atoms with Gasteiger partial charge in [-0.3, -0.25) is 9.59 Å². The average Bonchev–Trinajstić information content (AvgIpc) is 3.22. The Balaban J connectivity index is 0.000000233. The number of amides is 2. The van der Waals surface area contributed by atoms with E-state index in [-0.39, 0.29) is 43.0 Å². The van der Waals surface area contributed by atoms with Crippen LogP contribution in [0.3, 0.4) is 0 Å². The first-order valence-corrected chi connectivity index (χ1v) is 13.0. The van der Waals surface area contributed by atoms with Crippen molar-refractivity contribution >= 4 is 18.9 Å². The van der Waals surface area contributed by atoms with Crippen LogP contribution < -0.4 is 5.32 Å². The molecule has 5 fully saturated rings. The lowest BCUT2D eigenvalue weighted by atomic mass is 9.43. The molecule has 4 unspecified atom stereocenters. The number of nitriles is 1. The van der Waals surface area contributed by atoms with Gasteiger partial charge in [0, 0.05) is 20.0 Å². The van der Waals surface area contributed by atoms with E-state index in [4.69, 9.17) is 19.3 Å². The molecule has 5 atom stereocenters. The van der Waals surface area contributed by atoms with Crippen molar-refractivity contribution in [1.82, 2.24) is 10.2 Å². The van der Waals surface area contributed by atoms with E-state index >= 15 is 0 Å². The summed E-state index contributed by atoms with van der Waals surface area (Å²) in [6, 6.07) is 12.0. The summed E-state index contributed by atoms with van der Waals surface area (Å²) in [6.45, 7) is 10.9. The summed E-state index contributed by atoms with van der Waals surface area (Å²) in [5, 5.41) is 11.3. The number of nitrogens with zero attached hydrogens (tertiary/aromatic N) is 2. The second kappa shape index (κ2) is 10.9. The van der Waals surface area contributed by atoms with Crippen LogP contribution in [0.15, 0.2) is 30.3 Å². The Hall–Kier alpha value is -2.41. The maximum atomic E-state index is 11.7. The number of ether oxygens (including phenoxy) is 1. The Bertz CT molecular complexity index is 977. The largest absolute Gasteiger partial charge is 0.482 e. The van der Waals surface area contributed by atoms with E-state index in [1.807, 2.05) is 24.3 Å². The van der Waals surface area contributed by atoms with E-state index in [1.54, 1.807) is 11.8 Å². The van der Waals surface area contributed by atoms with Gasteiger partial charge in [-0.25, -0.2) is 0 Å². The molecule has 1 aromatic rings. The first-order chi connectivity index (χ1) is 17.1. The predicted molar refractivity (Wildman–Crippen MR) is 135 cm³/mol. The normalized spacial score (nSPS) is 30.6. The zero-order valence-corrected chi connectivity index (χ0v) is 21.9. The topological polar surface area (TPSA) is 101 Å². The summed E-state index contributed by atoms with van der Waals surface area (Å²) >= 11 is 0. The van der Waals surface area contributed by atoms with Gasteiger partial charge in [-0.15, -0.1) is 0 Å². The van der Waals surface area contributed by atoms with Crippen molar-refractivity contribution in [2.24, 2.45) is 17.3 Å². The van der Waals surface area contributed by atoms with Gasteiger partial charge in [-0.05, 0) is 49.0 Å². The van der Waals surface area contributed by atoms with Gasteiger partial charge in [0.1, 0.15) is 6.42 Å². The highest BCUT2D eigenvalue weighted by atomic mass is 16.7. The number of hydrogen-bond acceptors (Lipinski definition) is 6. The molecule has 2 aliphatic heterocycles. The minimum absolute atomic E-state index is 0.0139. The Kier molecular flexibility index (Phi) is 8.08. The monoisotopic (exact) mass is 495 g/mol. The van der Waals surface area contributed by atoms with Crippen LogP contribution in [-0.4, -0.2) is 67.8 Å². The maximum absolute atomic E-state index is 11.7. The smallest absolute Gasteiger partial charge is 0.404 e. The molecule has 194 valence electrons. The fourth-order valence-electron chi connectivity index (χ4n) is 6.41. The molecule has 3 saturated carbocycles. The van der Waals surface area contributed by atoms with Gasteiger partial charge in [-0.2, -0.15) is 5.26 Å². The zero-order valence-electron chi connectivity index (χ0n) is 21.9. The van der Waals surface area contributed by atoms with Gasteiger partial charge < -0.3 is 24.3 Å². The molecule has 1 aromatic carbocycles. The highest BCUT2D eigenvalue weighted by Gasteiger charge is 2.68. The van der Waals surface area contributed by atoms with Gasteiger partial charge in [0.2, 0.25) is 11.8 Å². The van der Waals surface area contributed by atoms with Crippen molar-refractivity contribution in [3.8, 4) is 6.07 Å². The van der Waals surface area contributed by atoms with Crippen LogP contribution in [0.5, 0.6) is 0 Å². The van der Waals surface area contributed by atoms with E-state index in [9.17, 15) is 9.59 Å². The average molecular weight is 495 g/mol. The fraction of sp³-hybridized carbons (Fsp3) is 0.667. The number of benzene rings is 1. The number of nitrogens with one attached hydrogen (secondary N) is 1. The molecular weight excluding hydrogens is 457 g/mol. The zero-order chi connectivity index (χ0) is 25.9. The quantitative estimate of drug-likeness (QED) is 0.631. The lowest BCUT2D eigenvalue weighted by Gasteiger charge is -2.64. The molecule has 5 aliphatic rings. The molecule has 0 aromatic heterocycles. The van der Waals surface area contributed by atoms with E-state index in [1.165, 1.54) is 12.0 Å². The number of rotatable bonds is 5. The van der Waals surface area contributed by atoms with Crippen LogP contribution in [0.1, 0.15) is 52.5 Å². The van der Waals surface area contributed by atoms with Crippen LogP contribution in [0.4, 0.5) is 0 Å². The molecular formula is C27H38BN3O5. The lowest BCUT2D eigenvalue weighted by molar-refractivity contribution is -0.199. The van der Waals surface area contributed by atoms with Crippen molar-refractivity contribution in [1.29, 1.82) is 5.26 Å². The Morgan fingerprint density at radius 1 is 1.19 bits per heavy atom. The Labute approximate surface area is 214 Å². The number of hydrogen-bond donors (Lipinski definition) is 1. The third-order valence-corrected chi connectivity index (χ3v) is 8.58. The van der Waals surface area contributed by atoms with Crippen molar-refractivity contribution in [3.63, 3.8) is 0 Å². The SMILES string of the molecule is CC(=O)NC(Cc1ccccc1)B1OC2CC3CC(C3(C)C)[C@]2(C)O1.N#CCC(=O)N1CCOCC1. The Morgan fingerprint density at radius 3 is 2.50 bits per heavy atom. The fourth-order valence-corrected chi connectivity index (χ4v) is 6.41. The highest BCUT2D eigenvalue weighted by molar-refractivity contribution is 6.48. The highest BCUT2D eigenvalue weighted by Crippen LogP contribution is 2.65. The first-order valence-electron chi connectivity index (χ1n) is 13.0. The third-order valence-electron chi connectivity index (χ3n) is 8.58. The number of morpholine rings is 1. The molecule has 1 N–H and O–H groups in total. The molecule has 0 spiro atoms. The van der Waals surface area contributed by atoms with E-state index < -0.39 is 0 Å². The van der Waals surface area contributed by atoms with Gasteiger partial charge >= 0.3 is 7.12 Å². The number of carbonyl (C=O) groups is 2. The van der Waals surface area contributed by atoms with Crippen LogP contribution in [-0.2, 0) is 30.1 Å². The van der Waals surface area contributed by atoms with Crippen molar-refractivity contribution in [3.05, 3.63) is 35.9 Å². The summed E-state index contributed by atoms with van der Waals surface area (Å²) in [4.78, 5) is 24.5. The van der Waals surface area contributed by atoms with Gasteiger partial charge in [-0.1, -0.05) is 44.2 Å². The first kappa shape index (κ1) is 26.7. The maximum Gasteiger partial charge on any atom is 0.482 e. The minimum atomic E-state index is -0.380. The minimum Gasteiger partial charge on any atom is -0.404 e. The standard InChI is InChI=1S/C20H28BNO3.C7H10N2O2/c1-13(23)22-18(10-14-8-6-5-7-9-14)21-24-17-12-15-11-16(19(15,2)3)20(17,4)25-21;8-2-1-7(10)9-3-5-11-6-4-9/h5-9,15-18H,10-12H2,1-4H3,(H,22,23);1,3-6H2/t15?,16?,17?,18?,20-;/m0./s1. The lowest BCUT2D eigenvalue weighted by Crippen LogP contribution is -2.65. The van der Waals surface area contributed by atoms with E-state index in [0.29, 0.717) is 44.1 Å². The molecule has 2 bridgehead atoms. The van der Waals surface area contributed by atoms with Crippen LogP contribution in [0.2, 0.25) is 0 Å². The van der Waals surface area contributed by atoms with Crippen molar-refractivity contribution in [2.75, 3.05) is 26.3 Å². The summed E-state index contributed by atoms with van der Waals surface area (Å²) in [5.74, 6) is 0.964. The Morgan fingerprint density at radius 2 is 1.89 bits per heavy atom. The summed E-state index contributed by atoms with van der Waals surface area (Å²) in [6.07, 6.45) is 3.14. The summed E-state index contributed by atoms with van der Waals surface area (Å²) in [5.41, 5.74) is 1.26. The van der Waals surface area contributed by atoms with Crippen LogP contribution >= 0.6 is 0 Å². The van der Waals surface area contributed by atoms with Crippen molar-refractivity contribution in [2.45, 2.75) is 71.0 Å². The molecule has 36 heavy (non-hydrogen) atoms. The molecule has 0 radical (unpaired) electrons. The van der Waals surface area contributed by atoms with Gasteiger partial charge in [0.25, 0.3) is 0 Å². The van der Waals surface area contributed by atoms with Gasteiger partial charge in [0.15, 0.2) is 0 Å². The summed E-state index contributed by atoms with van der Waals surface area (Å²) < 4.78 is 17.9. The molecule has 3 aliphatic carbocycles. The molecule has 8 nitrogen and oxygen atoms in total. The second-order valence-electron chi connectivity index (χ2n) is 11.2. The van der Waals surface area contributed by atoms with E-state index in [0.717, 1.165) is 12.3 Å². The second-order valence-corrected chi connectivity index (χ2v) is 11.2. The van der Waals surface area contributed by atoms with E-state index in [2.05, 4.69) is 38.2 Å². The molecule has 6 rings (SSSR count). The predicted octanol–water partition coefficient (Wildman–Crippen LogP) is 2.76.